The van der Waals surface area contributed by atoms with Crippen LogP contribution in [0.15, 0.2) is 23.3 Å². The highest BCUT2D eigenvalue weighted by atomic mass is 16.7. The molecule has 1 aliphatic heterocycles. The second-order valence-corrected chi connectivity index (χ2v) is 12.6. The van der Waals surface area contributed by atoms with Crippen molar-refractivity contribution in [3.8, 4) is 0 Å². The molecule has 0 bridgehead atoms. The maximum atomic E-state index is 11.0. The van der Waals surface area contributed by atoms with Crippen LogP contribution in [-0.4, -0.2) is 30.1 Å². The number of allylic oxidation sites excluding steroid dienone is 3. The minimum absolute atomic E-state index is 0.0256. The van der Waals surface area contributed by atoms with Crippen molar-refractivity contribution in [3.05, 3.63) is 23.3 Å². The molecule has 1 unspecified atom stereocenters. The molecule has 4 fully saturated rings. The Kier molecular flexibility index (Phi) is 7.03. The first-order valence-corrected chi connectivity index (χ1v) is 14.2. The molecule has 0 spiro atoms. The molecule has 1 saturated heterocycles. The van der Waals surface area contributed by atoms with Crippen LogP contribution in [0.5, 0.6) is 0 Å². The molecule has 190 valence electrons. The molecule has 0 radical (unpaired) electrons. The third-order valence-electron chi connectivity index (χ3n) is 10.9. The second-order valence-electron chi connectivity index (χ2n) is 12.6. The summed E-state index contributed by atoms with van der Waals surface area (Å²) in [6.07, 6.45) is 19.7. The summed E-state index contributed by atoms with van der Waals surface area (Å²) in [5.74, 6) is 2.36. The summed E-state index contributed by atoms with van der Waals surface area (Å²) in [5, 5.41) is 9.03. The Bertz CT molecular complexity index is 824. The molecule has 1 N–H and O–H groups in total. The molecule has 5 aliphatic rings. The van der Waals surface area contributed by atoms with E-state index in [-0.39, 0.29) is 12.7 Å². The molecule has 0 aromatic carbocycles. The van der Waals surface area contributed by atoms with Gasteiger partial charge in [0.15, 0.2) is 6.29 Å². The zero-order valence-electron chi connectivity index (χ0n) is 21.7. The van der Waals surface area contributed by atoms with E-state index in [2.05, 4.69) is 32.9 Å². The number of ether oxygens (including phenoxy) is 2. The normalized spacial score (nSPS) is 44.6. The van der Waals surface area contributed by atoms with Crippen molar-refractivity contribution >= 4 is 5.97 Å². The fourth-order valence-corrected chi connectivity index (χ4v) is 9.09. The maximum absolute atomic E-state index is 11.0. The van der Waals surface area contributed by atoms with Gasteiger partial charge in [-0.05, 0) is 118 Å². The summed E-state index contributed by atoms with van der Waals surface area (Å²) < 4.78 is 12.3. The Balaban J connectivity index is 1.27. The van der Waals surface area contributed by atoms with E-state index in [1.165, 1.54) is 63.4 Å². The summed E-state index contributed by atoms with van der Waals surface area (Å²) in [6, 6.07) is 0. The highest BCUT2D eigenvalue weighted by molar-refractivity contribution is 5.66. The summed E-state index contributed by atoms with van der Waals surface area (Å²) >= 11 is 0. The fraction of sp³-hybridized carbons (Fsp3) is 0.833. The van der Waals surface area contributed by atoms with Gasteiger partial charge < -0.3 is 14.6 Å². The molecule has 3 saturated carbocycles. The first-order valence-electron chi connectivity index (χ1n) is 14.2. The van der Waals surface area contributed by atoms with Crippen molar-refractivity contribution in [1.82, 2.24) is 0 Å². The van der Waals surface area contributed by atoms with Crippen LogP contribution in [-0.2, 0) is 14.3 Å². The largest absolute Gasteiger partial charge is 0.481 e. The third kappa shape index (κ3) is 4.43. The third-order valence-corrected chi connectivity index (χ3v) is 10.9. The van der Waals surface area contributed by atoms with Gasteiger partial charge in [0.1, 0.15) is 0 Å². The average Bonchev–Trinajstić information content (AvgIpc) is 3.17. The SMILES string of the molecule is C/C(=C\CCC(=O)O)[C@H]1CC[C@H]2[C@@H]3CC=C4C[C@@H](OC5CCCCO5)CC[C@]4(C)[C@H]3CC[C@]12C. The van der Waals surface area contributed by atoms with E-state index in [4.69, 9.17) is 14.6 Å². The summed E-state index contributed by atoms with van der Waals surface area (Å²) in [6.45, 7) is 8.27. The highest BCUT2D eigenvalue weighted by Crippen LogP contribution is 2.67. The van der Waals surface area contributed by atoms with Crippen molar-refractivity contribution in [2.75, 3.05) is 6.61 Å². The summed E-state index contributed by atoms with van der Waals surface area (Å²) in [5.41, 5.74) is 3.86. The lowest BCUT2D eigenvalue weighted by Crippen LogP contribution is -2.50. The predicted molar refractivity (Wildman–Crippen MR) is 134 cm³/mol. The van der Waals surface area contributed by atoms with Crippen molar-refractivity contribution < 1.29 is 19.4 Å². The highest BCUT2D eigenvalue weighted by Gasteiger charge is 2.58. The molecular weight excluding hydrogens is 424 g/mol. The van der Waals surface area contributed by atoms with Gasteiger partial charge in [-0.25, -0.2) is 0 Å². The van der Waals surface area contributed by atoms with E-state index in [1.54, 1.807) is 5.57 Å². The van der Waals surface area contributed by atoms with Gasteiger partial charge >= 0.3 is 5.97 Å². The van der Waals surface area contributed by atoms with E-state index in [0.29, 0.717) is 29.3 Å². The smallest absolute Gasteiger partial charge is 0.303 e. The second kappa shape index (κ2) is 9.73. The van der Waals surface area contributed by atoms with E-state index < -0.39 is 5.97 Å². The molecule has 0 aromatic heterocycles. The van der Waals surface area contributed by atoms with Crippen LogP contribution in [0, 0.1) is 34.5 Å². The monoisotopic (exact) mass is 470 g/mol. The molecule has 34 heavy (non-hydrogen) atoms. The lowest BCUT2D eigenvalue weighted by molar-refractivity contribution is -0.195. The average molecular weight is 471 g/mol. The number of carboxylic acid groups (broad SMARTS) is 1. The van der Waals surface area contributed by atoms with Gasteiger partial charge in [0.2, 0.25) is 0 Å². The van der Waals surface area contributed by atoms with Crippen LogP contribution >= 0.6 is 0 Å². The summed E-state index contributed by atoms with van der Waals surface area (Å²) in [7, 11) is 0. The summed E-state index contributed by atoms with van der Waals surface area (Å²) in [4.78, 5) is 11.0. The molecule has 5 rings (SSSR count). The van der Waals surface area contributed by atoms with E-state index in [1.807, 2.05) is 0 Å². The van der Waals surface area contributed by atoms with Crippen LogP contribution < -0.4 is 0 Å². The fourth-order valence-electron chi connectivity index (χ4n) is 9.09. The van der Waals surface area contributed by atoms with E-state index in [0.717, 1.165) is 37.2 Å². The minimum atomic E-state index is -0.690. The van der Waals surface area contributed by atoms with Gasteiger partial charge in [-0.15, -0.1) is 0 Å². The molecule has 8 atom stereocenters. The molecule has 0 aromatic rings. The van der Waals surface area contributed by atoms with Crippen LogP contribution in [0.1, 0.15) is 104 Å². The van der Waals surface area contributed by atoms with Crippen molar-refractivity contribution in [2.24, 2.45) is 34.5 Å². The van der Waals surface area contributed by atoms with Crippen molar-refractivity contribution in [1.29, 1.82) is 0 Å². The van der Waals surface area contributed by atoms with Crippen LogP contribution in [0.25, 0.3) is 0 Å². The number of aliphatic carboxylic acids is 1. The Labute approximate surface area is 206 Å². The van der Waals surface area contributed by atoms with Gasteiger partial charge in [-0.1, -0.05) is 37.1 Å². The number of hydrogen-bond acceptors (Lipinski definition) is 3. The molecule has 4 nitrogen and oxygen atoms in total. The Morgan fingerprint density at radius 1 is 1.15 bits per heavy atom. The zero-order valence-corrected chi connectivity index (χ0v) is 21.7. The van der Waals surface area contributed by atoms with Crippen LogP contribution in [0.3, 0.4) is 0 Å². The van der Waals surface area contributed by atoms with Crippen molar-refractivity contribution in [2.45, 2.75) is 117 Å². The number of rotatable bonds is 6. The zero-order chi connectivity index (χ0) is 23.9. The Morgan fingerprint density at radius 2 is 2.00 bits per heavy atom. The molecular formula is C30H46O4. The Morgan fingerprint density at radius 3 is 2.76 bits per heavy atom. The molecule has 1 heterocycles. The van der Waals surface area contributed by atoms with Gasteiger partial charge in [0.25, 0.3) is 0 Å². The number of fused-ring (bicyclic) bond motifs is 5. The Hall–Kier alpha value is -1.13. The van der Waals surface area contributed by atoms with Crippen molar-refractivity contribution in [3.63, 3.8) is 0 Å². The quantitative estimate of drug-likeness (QED) is 0.414. The predicted octanol–water partition coefficient (Wildman–Crippen LogP) is 7.29. The minimum Gasteiger partial charge on any atom is -0.481 e. The van der Waals surface area contributed by atoms with E-state index in [9.17, 15) is 4.79 Å². The first-order chi connectivity index (χ1) is 16.3. The molecule has 4 heteroatoms. The maximum Gasteiger partial charge on any atom is 0.303 e. The van der Waals surface area contributed by atoms with Gasteiger partial charge in [-0.3, -0.25) is 4.79 Å². The molecule has 0 amide bonds. The number of carbonyl (C=O) groups is 1. The number of carboxylic acids is 1. The standard InChI is InChI=1S/C30H46O4/c1-20(7-6-8-27(31)32)24-12-13-25-23-11-10-21-19-22(34-28-9-4-5-18-33-28)14-16-29(21,2)26(23)15-17-30(24,25)3/h7,10,22-26,28H,4-6,8-9,11-19H2,1-3H3,(H,31,32)/b20-7+/t22-,23-,24+,25-,26-,28?,29-,30+/m0/s1. The first kappa shape index (κ1) is 24.6. The topological polar surface area (TPSA) is 55.8 Å². The van der Waals surface area contributed by atoms with E-state index >= 15 is 0 Å². The lowest BCUT2D eigenvalue weighted by Gasteiger charge is -2.58. The molecule has 4 aliphatic carbocycles. The number of hydrogen-bond donors (Lipinski definition) is 1. The van der Waals surface area contributed by atoms with Crippen LogP contribution in [0.2, 0.25) is 0 Å². The lowest BCUT2D eigenvalue weighted by atomic mass is 9.47. The van der Waals surface area contributed by atoms with Gasteiger partial charge in [0.05, 0.1) is 6.10 Å². The van der Waals surface area contributed by atoms with Gasteiger partial charge in [-0.2, -0.15) is 0 Å². The van der Waals surface area contributed by atoms with Gasteiger partial charge in [0, 0.05) is 13.0 Å². The van der Waals surface area contributed by atoms with Crippen LogP contribution in [0.4, 0.5) is 0 Å².